The average molecular weight is 368 g/mol. The van der Waals surface area contributed by atoms with E-state index in [-0.39, 0.29) is 6.54 Å². The average Bonchev–Trinajstić information content (AvgIpc) is 2.58. The van der Waals surface area contributed by atoms with Crippen LogP contribution in [0.3, 0.4) is 0 Å². The number of carbonyl (C=O) groups excluding carboxylic acids is 1. The molecule has 1 amide bonds. The van der Waals surface area contributed by atoms with Crippen molar-refractivity contribution >= 4 is 38.1 Å². The summed E-state index contributed by atoms with van der Waals surface area (Å²) in [5.74, 6) is -0.396. The van der Waals surface area contributed by atoms with Gasteiger partial charge in [0.2, 0.25) is 15.9 Å². The molecule has 3 rings (SSSR count). The molecule has 1 N–H and O–H groups in total. The molecule has 0 aliphatic carbocycles. The van der Waals surface area contributed by atoms with Crippen molar-refractivity contribution in [2.75, 3.05) is 22.4 Å². The Morgan fingerprint density at radius 3 is 2.38 bits per heavy atom. The molecule has 0 atom stereocenters. The number of carbonyl (C=O) groups is 1. The first kappa shape index (κ1) is 17.9. The van der Waals surface area contributed by atoms with Gasteiger partial charge in [-0.15, -0.1) is 0 Å². The smallest absolute Gasteiger partial charge is 0.245 e. The molecule has 0 aromatic heterocycles. The third-order valence-electron chi connectivity index (χ3n) is 4.01. The summed E-state index contributed by atoms with van der Waals surface area (Å²) in [6.45, 7) is 1.59. The molecule has 0 spiro atoms. The van der Waals surface area contributed by atoms with Gasteiger partial charge in [-0.05, 0) is 47.5 Å². The summed E-state index contributed by atoms with van der Waals surface area (Å²) in [7, 11) is -3.58. The second-order valence-corrected chi connectivity index (χ2v) is 8.13. The molecule has 26 heavy (non-hydrogen) atoms. The number of anilines is 2. The molecule has 6 heteroatoms. The number of nitrogens with zero attached hydrogens (tertiary/aromatic N) is 1. The van der Waals surface area contributed by atoms with Gasteiger partial charge in [0.25, 0.3) is 0 Å². The van der Waals surface area contributed by atoms with E-state index in [1.165, 1.54) is 0 Å². The SMILES string of the molecule is Cc1cccc(N(CC(=O)Nc2ccc3ccccc3c2)S(C)(=O)=O)c1. The predicted octanol–water partition coefficient (Wildman–Crippen LogP) is 3.55. The van der Waals surface area contributed by atoms with E-state index in [1.807, 2.05) is 49.4 Å². The van der Waals surface area contributed by atoms with Gasteiger partial charge in [0.15, 0.2) is 0 Å². The van der Waals surface area contributed by atoms with Crippen LogP contribution in [0.5, 0.6) is 0 Å². The van der Waals surface area contributed by atoms with Crippen molar-refractivity contribution in [3.8, 4) is 0 Å². The van der Waals surface area contributed by atoms with Crippen molar-refractivity contribution in [1.82, 2.24) is 0 Å². The first-order valence-corrected chi connectivity index (χ1v) is 10.0. The Morgan fingerprint density at radius 2 is 1.69 bits per heavy atom. The Hall–Kier alpha value is -2.86. The van der Waals surface area contributed by atoms with Crippen LogP contribution in [0.2, 0.25) is 0 Å². The Bertz CT molecular complexity index is 1060. The van der Waals surface area contributed by atoms with Gasteiger partial charge in [-0.1, -0.05) is 42.5 Å². The lowest BCUT2D eigenvalue weighted by atomic mass is 10.1. The minimum absolute atomic E-state index is 0.283. The molecule has 5 nitrogen and oxygen atoms in total. The van der Waals surface area contributed by atoms with Crippen molar-refractivity contribution in [1.29, 1.82) is 0 Å². The zero-order valence-corrected chi connectivity index (χ0v) is 15.5. The molecule has 0 heterocycles. The maximum absolute atomic E-state index is 12.4. The quantitative estimate of drug-likeness (QED) is 0.749. The van der Waals surface area contributed by atoms with Gasteiger partial charge in [-0.3, -0.25) is 9.10 Å². The van der Waals surface area contributed by atoms with Crippen LogP contribution < -0.4 is 9.62 Å². The van der Waals surface area contributed by atoms with E-state index in [1.54, 1.807) is 24.3 Å². The first-order chi connectivity index (χ1) is 12.3. The predicted molar refractivity (Wildman–Crippen MR) is 106 cm³/mol. The van der Waals surface area contributed by atoms with Gasteiger partial charge in [-0.2, -0.15) is 0 Å². The van der Waals surface area contributed by atoms with Gasteiger partial charge in [0.05, 0.1) is 11.9 Å². The van der Waals surface area contributed by atoms with Gasteiger partial charge in [0.1, 0.15) is 6.54 Å². The molecule has 0 unspecified atom stereocenters. The Balaban J connectivity index is 1.81. The highest BCUT2D eigenvalue weighted by Crippen LogP contribution is 2.21. The van der Waals surface area contributed by atoms with Crippen molar-refractivity contribution in [2.45, 2.75) is 6.92 Å². The minimum atomic E-state index is -3.58. The van der Waals surface area contributed by atoms with Crippen LogP contribution in [0.1, 0.15) is 5.56 Å². The second-order valence-electron chi connectivity index (χ2n) is 6.22. The maximum Gasteiger partial charge on any atom is 0.245 e. The monoisotopic (exact) mass is 368 g/mol. The van der Waals surface area contributed by atoms with E-state index in [9.17, 15) is 13.2 Å². The standard InChI is InChI=1S/C20H20N2O3S/c1-15-6-5-9-19(12-15)22(26(2,24)25)14-20(23)21-18-11-10-16-7-3-4-8-17(16)13-18/h3-13H,14H2,1-2H3,(H,21,23). The summed E-state index contributed by atoms with van der Waals surface area (Å²) in [5.41, 5.74) is 2.03. The largest absolute Gasteiger partial charge is 0.324 e. The molecule has 0 aliphatic heterocycles. The van der Waals surface area contributed by atoms with E-state index < -0.39 is 15.9 Å². The maximum atomic E-state index is 12.4. The molecule has 0 bridgehead atoms. The molecule has 3 aromatic carbocycles. The molecule has 0 radical (unpaired) electrons. The fourth-order valence-electron chi connectivity index (χ4n) is 2.78. The molecule has 0 saturated heterocycles. The zero-order valence-electron chi connectivity index (χ0n) is 14.6. The van der Waals surface area contributed by atoms with Crippen molar-refractivity contribution in [2.24, 2.45) is 0 Å². The van der Waals surface area contributed by atoms with E-state index in [2.05, 4.69) is 5.32 Å². The topological polar surface area (TPSA) is 66.5 Å². The minimum Gasteiger partial charge on any atom is -0.324 e. The van der Waals surface area contributed by atoms with Crippen molar-refractivity contribution in [3.63, 3.8) is 0 Å². The van der Waals surface area contributed by atoms with Crippen molar-refractivity contribution in [3.05, 3.63) is 72.3 Å². The highest BCUT2D eigenvalue weighted by atomic mass is 32.2. The van der Waals surface area contributed by atoms with E-state index >= 15 is 0 Å². The zero-order chi connectivity index (χ0) is 18.7. The summed E-state index contributed by atoms with van der Waals surface area (Å²) in [5, 5.41) is 4.85. The van der Waals surface area contributed by atoms with Crippen LogP contribution in [-0.2, 0) is 14.8 Å². The highest BCUT2D eigenvalue weighted by Gasteiger charge is 2.21. The lowest BCUT2D eigenvalue weighted by Crippen LogP contribution is -2.37. The number of hydrogen-bond donors (Lipinski definition) is 1. The van der Waals surface area contributed by atoms with Gasteiger partial charge in [-0.25, -0.2) is 8.42 Å². The normalized spacial score (nSPS) is 11.3. The van der Waals surface area contributed by atoms with Crippen LogP contribution in [0.4, 0.5) is 11.4 Å². The fraction of sp³-hybridized carbons (Fsp3) is 0.150. The van der Waals surface area contributed by atoms with Crippen LogP contribution >= 0.6 is 0 Å². The van der Waals surface area contributed by atoms with Gasteiger partial charge < -0.3 is 5.32 Å². The molecule has 0 saturated carbocycles. The lowest BCUT2D eigenvalue weighted by molar-refractivity contribution is -0.114. The number of rotatable bonds is 5. The van der Waals surface area contributed by atoms with E-state index in [0.717, 1.165) is 26.9 Å². The Morgan fingerprint density at radius 1 is 0.962 bits per heavy atom. The number of sulfonamides is 1. The Kier molecular flexibility index (Phi) is 4.95. The number of nitrogens with one attached hydrogen (secondary N) is 1. The number of fused-ring (bicyclic) bond motifs is 1. The fourth-order valence-corrected chi connectivity index (χ4v) is 3.63. The van der Waals surface area contributed by atoms with Crippen LogP contribution in [0.25, 0.3) is 10.8 Å². The molecule has 0 aliphatic rings. The van der Waals surface area contributed by atoms with Crippen LogP contribution in [-0.4, -0.2) is 27.1 Å². The highest BCUT2D eigenvalue weighted by molar-refractivity contribution is 7.92. The summed E-state index contributed by atoms with van der Waals surface area (Å²) in [6.07, 6.45) is 1.10. The molecular weight excluding hydrogens is 348 g/mol. The number of hydrogen-bond acceptors (Lipinski definition) is 3. The van der Waals surface area contributed by atoms with Gasteiger partial charge in [0, 0.05) is 5.69 Å². The molecule has 134 valence electrons. The first-order valence-electron chi connectivity index (χ1n) is 8.16. The molecule has 3 aromatic rings. The number of aryl methyl sites for hydroxylation is 1. The molecule has 0 fully saturated rings. The number of benzene rings is 3. The van der Waals surface area contributed by atoms with Gasteiger partial charge >= 0.3 is 0 Å². The second kappa shape index (κ2) is 7.17. The lowest BCUT2D eigenvalue weighted by Gasteiger charge is -2.22. The third kappa shape index (κ3) is 4.21. The van der Waals surface area contributed by atoms with Crippen LogP contribution in [0.15, 0.2) is 66.7 Å². The summed E-state index contributed by atoms with van der Waals surface area (Å²) in [6, 6.07) is 20.5. The van der Waals surface area contributed by atoms with E-state index in [4.69, 9.17) is 0 Å². The van der Waals surface area contributed by atoms with Crippen molar-refractivity contribution < 1.29 is 13.2 Å². The number of amides is 1. The van der Waals surface area contributed by atoms with E-state index in [0.29, 0.717) is 11.4 Å². The van der Waals surface area contributed by atoms with Crippen LogP contribution in [0, 0.1) is 6.92 Å². The molecular formula is C20H20N2O3S. The Labute approximate surface area is 153 Å². The summed E-state index contributed by atoms with van der Waals surface area (Å²) in [4.78, 5) is 12.4. The summed E-state index contributed by atoms with van der Waals surface area (Å²) < 4.78 is 25.4. The third-order valence-corrected chi connectivity index (χ3v) is 5.15. The summed E-state index contributed by atoms with van der Waals surface area (Å²) >= 11 is 0.